The van der Waals surface area contributed by atoms with Crippen molar-refractivity contribution in [2.45, 2.75) is 17.1 Å². The first-order chi connectivity index (χ1) is 13.1. The summed E-state index contributed by atoms with van der Waals surface area (Å²) >= 11 is 1.20. The third kappa shape index (κ3) is 3.60. The highest BCUT2D eigenvalue weighted by atomic mass is 32.2. The van der Waals surface area contributed by atoms with Crippen LogP contribution in [0.2, 0.25) is 0 Å². The Morgan fingerprint density at radius 1 is 1.19 bits per heavy atom. The van der Waals surface area contributed by atoms with Crippen molar-refractivity contribution in [1.82, 2.24) is 9.29 Å². The summed E-state index contributed by atoms with van der Waals surface area (Å²) in [5.41, 5.74) is 1.50. The first kappa shape index (κ1) is 18.1. The average Bonchev–Trinajstić information content (AvgIpc) is 3.24. The van der Waals surface area contributed by atoms with Gasteiger partial charge in [-0.25, -0.2) is 8.42 Å². The summed E-state index contributed by atoms with van der Waals surface area (Å²) < 4.78 is 27.2. The van der Waals surface area contributed by atoms with Gasteiger partial charge in [0.05, 0.1) is 17.1 Å². The quantitative estimate of drug-likeness (QED) is 0.727. The third-order valence-corrected chi connectivity index (χ3v) is 7.99. The first-order valence-electron chi connectivity index (χ1n) is 8.74. The number of benzene rings is 1. The van der Waals surface area contributed by atoms with Crippen molar-refractivity contribution in [2.24, 2.45) is 5.92 Å². The summed E-state index contributed by atoms with van der Waals surface area (Å²) in [6, 6.07) is 12.6. The van der Waals surface area contributed by atoms with Crippen LogP contribution >= 0.6 is 11.3 Å². The topological polar surface area (TPSA) is 79.4 Å². The van der Waals surface area contributed by atoms with Gasteiger partial charge in [0, 0.05) is 24.7 Å². The number of amides is 1. The number of nitrogens with zero attached hydrogens (tertiary/aromatic N) is 2. The lowest BCUT2D eigenvalue weighted by molar-refractivity contribution is -0.120. The van der Waals surface area contributed by atoms with Crippen LogP contribution in [0.4, 0.5) is 5.69 Å². The van der Waals surface area contributed by atoms with Gasteiger partial charge in [-0.1, -0.05) is 12.1 Å². The number of nitrogens with one attached hydrogen (secondary N) is 1. The highest BCUT2D eigenvalue weighted by Gasteiger charge is 2.33. The molecule has 2 aromatic heterocycles. The monoisotopic (exact) mass is 401 g/mol. The van der Waals surface area contributed by atoms with E-state index in [1.807, 2.05) is 30.3 Å². The Bertz CT molecular complexity index is 1060. The molecule has 0 saturated carbocycles. The summed E-state index contributed by atoms with van der Waals surface area (Å²) in [5, 5.41) is 5.58. The Morgan fingerprint density at radius 2 is 2.07 bits per heavy atom. The van der Waals surface area contributed by atoms with Gasteiger partial charge in [-0.05, 0) is 48.6 Å². The maximum absolute atomic E-state index is 12.8. The van der Waals surface area contributed by atoms with Crippen LogP contribution in [0.5, 0.6) is 0 Å². The minimum absolute atomic E-state index is 0.155. The van der Waals surface area contributed by atoms with Gasteiger partial charge in [0.2, 0.25) is 5.91 Å². The molecule has 6 nitrogen and oxygen atoms in total. The third-order valence-electron chi connectivity index (χ3n) is 4.75. The van der Waals surface area contributed by atoms with Gasteiger partial charge in [0.1, 0.15) is 4.21 Å². The number of carbonyl (C=O) groups is 1. The van der Waals surface area contributed by atoms with E-state index in [1.54, 1.807) is 23.7 Å². The van der Waals surface area contributed by atoms with Gasteiger partial charge in [-0.2, -0.15) is 4.31 Å². The van der Waals surface area contributed by atoms with Gasteiger partial charge in [0.15, 0.2) is 0 Å². The van der Waals surface area contributed by atoms with Crippen LogP contribution in [0.15, 0.2) is 58.3 Å². The Kier molecular flexibility index (Phi) is 4.94. The molecule has 0 aliphatic carbocycles. The predicted octanol–water partition coefficient (Wildman–Crippen LogP) is 3.34. The molecule has 1 saturated heterocycles. The molecule has 0 radical (unpaired) electrons. The lowest BCUT2D eigenvalue weighted by Crippen LogP contribution is -2.43. The molecule has 0 unspecified atom stereocenters. The smallest absolute Gasteiger partial charge is 0.252 e. The maximum atomic E-state index is 12.8. The minimum Gasteiger partial charge on any atom is -0.325 e. The largest absolute Gasteiger partial charge is 0.325 e. The van der Waals surface area contributed by atoms with Crippen LogP contribution < -0.4 is 5.32 Å². The number of fused-ring (bicyclic) bond motifs is 1. The molecule has 1 amide bonds. The van der Waals surface area contributed by atoms with Crippen LogP contribution in [0.25, 0.3) is 10.9 Å². The fourth-order valence-electron chi connectivity index (χ4n) is 3.36. The Morgan fingerprint density at radius 3 is 2.89 bits per heavy atom. The number of hydrogen-bond donors (Lipinski definition) is 1. The molecular weight excluding hydrogens is 382 g/mol. The Balaban J connectivity index is 1.52. The molecule has 1 aliphatic rings. The van der Waals surface area contributed by atoms with E-state index in [2.05, 4.69) is 10.3 Å². The summed E-state index contributed by atoms with van der Waals surface area (Å²) in [6.45, 7) is 0.650. The molecule has 3 aromatic rings. The maximum Gasteiger partial charge on any atom is 0.252 e. The predicted molar refractivity (Wildman–Crippen MR) is 106 cm³/mol. The van der Waals surface area contributed by atoms with Crippen LogP contribution in [-0.4, -0.2) is 36.7 Å². The van der Waals surface area contributed by atoms with Gasteiger partial charge in [0.25, 0.3) is 10.0 Å². The van der Waals surface area contributed by atoms with E-state index in [0.717, 1.165) is 10.9 Å². The number of aromatic nitrogens is 1. The second-order valence-corrected chi connectivity index (χ2v) is 9.61. The molecule has 3 heterocycles. The van der Waals surface area contributed by atoms with Gasteiger partial charge >= 0.3 is 0 Å². The summed E-state index contributed by atoms with van der Waals surface area (Å²) in [6.07, 6.45) is 3.05. The molecule has 27 heavy (non-hydrogen) atoms. The summed E-state index contributed by atoms with van der Waals surface area (Å²) in [4.78, 5) is 17.1. The minimum atomic E-state index is -3.53. The molecule has 8 heteroatoms. The molecule has 4 rings (SSSR count). The molecule has 1 atom stereocenters. The fourth-order valence-corrected chi connectivity index (χ4v) is 6.03. The van der Waals surface area contributed by atoms with E-state index < -0.39 is 10.0 Å². The van der Waals surface area contributed by atoms with Crippen LogP contribution in [0.1, 0.15) is 12.8 Å². The van der Waals surface area contributed by atoms with E-state index in [9.17, 15) is 13.2 Å². The average molecular weight is 402 g/mol. The standard InChI is InChI=1S/C19H19N3O3S2/c23-19(21-17-8-1-7-16-15(17)6-2-10-20-16)14-5-3-11-22(13-14)27(24,25)18-9-4-12-26-18/h1-2,4,6-10,12,14H,3,5,11,13H2,(H,21,23)/t14-/m1/s1. The van der Waals surface area contributed by atoms with Crippen molar-refractivity contribution in [3.8, 4) is 0 Å². The molecule has 140 valence electrons. The molecule has 0 spiro atoms. The van der Waals surface area contributed by atoms with E-state index in [0.29, 0.717) is 29.3 Å². The highest BCUT2D eigenvalue weighted by molar-refractivity contribution is 7.91. The van der Waals surface area contributed by atoms with Crippen LogP contribution in [0.3, 0.4) is 0 Å². The molecule has 1 fully saturated rings. The summed E-state index contributed by atoms with van der Waals surface area (Å²) in [7, 11) is -3.53. The Hall–Kier alpha value is -2.29. The first-order valence-corrected chi connectivity index (χ1v) is 11.1. The van der Waals surface area contributed by atoms with Gasteiger partial charge in [-0.3, -0.25) is 9.78 Å². The number of piperidine rings is 1. The lowest BCUT2D eigenvalue weighted by Gasteiger charge is -2.30. The second kappa shape index (κ2) is 7.38. The van der Waals surface area contributed by atoms with Crippen molar-refractivity contribution in [2.75, 3.05) is 18.4 Å². The normalized spacial score (nSPS) is 18.4. The fraction of sp³-hybridized carbons (Fsp3) is 0.263. The van der Waals surface area contributed by atoms with Crippen molar-refractivity contribution in [3.05, 3.63) is 54.0 Å². The van der Waals surface area contributed by atoms with Gasteiger partial charge in [-0.15, -0.1) is 11.3 Å². The number of sulfonamides is 1. The van der Waals surface area contributed by atoms with E-state index in [4.69, 9.17) is 0 Å². The van der Waals surface area contributed by atoms with E-state index in [-0.39, 0.29) is 18.4 Å². The number of rotatable bonds is 4. The summed E-state index contributed by atoms with van der Waals surface area (Å²) in [5.74, 6) is -0.530. The number of pyridine rings is 1. The van der Waals surface area contributed by atoms with Crippen LogP contribution in [-0.2, 0) is 14.8 Å². The molecule has 1 aliphatic heterocycles. The number of thiophene rings is 1. The van der Waals surface area contributed by atoms with Crippen molar-refractivity contribution < 1.29 is 13.2 Å². The zero-order chi connectivity index (χ0) is 18.9. The lowest BCUT2D eigenvalue weighted by atomic mass is 9.98. The molecule has 0 bridgehead atoms. The number of anilines is 1. The van der Waals surface area contributed by atoms with Crippen LogP contribution in [0, 0.1) is 5.92 Å². The zero-order valence-corrected chi connectivity index (χ0v) is 16.2. The number of carbonyl (C=O) groups excluding carboxylic acids is 1. The SMILES string of the molecule is O=C(Nc1cccc2ncccc12)[C@@H]1CCCN(S(=O)(=O)c2cccs2)C1. The van der Waals surface area contributed by atoms with Crippen molar-refractivity contribution in [1.29, 1.82) is 0 Å². The Labute approximate surface area is 161 Å². The van der Waals surface area contributed by atoms with Crippen molar-refractivity contribution >= 4 is 43.9 Å². The number of hydrogen-bond acceptors (Lipinski definition) is 5. The van der Waals surface area contributed by atoms with E-state index >= 15 is 0 Å². The second-order valence-electron chi connectivity index (χ2n) is 6.50. The highest BCUT2D eigenvalue weighted by Crippen LogP contribution is 2.28. The molecule has 1 aromatic carbocycles. The molecular formula is C19H19N3O3S2. The van der Waals surface area contributed by atoms with Crippen molar-refractivity contribution in [3.63, 3.8) is 0 Å². The molecule has 1 N–H and O–H groups in total. The zero-order valence-electron chi connectivity index (χ0n) is 14.5. The van der Waals surface area contributed by atoms with E-state index in [1.165, 1.54) is 15.6 Å². The van der Waals surface area contributed by atoms with Gasteiger partial charge < -0.3 is 5.32 Å².